The maximum atomic E-state index is 3.60. The summed E-state index contributed by atoms with van der Waals surface area (Å²) in [5.74, 6) is 0. The third kappa shape index (κ3) is 2.74. The summed E-state index contributed by atoms with van der Waals surface area (Å²) >= 11 is 0. The predicted octanol–water partition coefficient (Wildman–Crippen LogP) is 6.14. The number of aryl methyl sites for hydroxylation is 2. The molecule has 3 aromatic rings. The van der Waals surface area contributed by atoms with Crippen LogP contribution in [-0.4, -0.2) is 0 Å². The molecule has 0 spiro atoms. The van der Waals surface area contributed by atoms with Crippen LogP contribution in [0.2, 0.25) is 0 Å². The lowest BCUT2D eigenvalue weighted by atomic mass is 10.0. The van der Waals surface area contributed by atoms with Crippen molar-refractivity contribution in [3.8, 4) is 0 Å². The second-order valence-corrected chi connectivity index (χ2v) is 6.52. The maximum Gasteiger partial charge on any atom is 0.0443 e. The monoisotopic (exact) mass is 311 g/mol. The zero-order valence-electron chi connectivity index (χ0n) is 14.1. The molecule has 0 radical (unpaired) electrons. The zero-order chi connectivity index (χ0) is 16.5. The van der Waals surface area contributed by atoms with Crippen molar-refractivity contribution < 1.29 is 0 Å². The lowest BCUT2D eigenvalue weighted by Crippen LogP contribution is -1.96. The van der Waals surface area contributed by atoms with Gasteiger partial charge >= 0.3 is 0 Å². The number of hydrogen-bond donors (Lipinski definition) is 1. The number of allylic oxidation sites excluding steroid dienone is 1. The quantitative estimate of drug-likeness (QED) is 0.612. The van der Waals surface area contributed by atoms with Crippen molar-refractivity contribution >= 4 is 23.0 Å². The van der Waals surface area contributed by atoms with Crippen molar-refractivity contribution in [3.63, 3.8) is 0 Å². The fraction of sp³-hybridized carbons (Fsp3) is 0.130. The highest BCUT2D eigenvalue weighted by Gasteiger charge is 2.13. The zero-order valence-corrected chi connectivity index (χ0v) is 14.1. The van der Waals surface area contributed by atoms with E-state index in [0.29, 0.717) is 0 Å². The summed E-state index contributed by atoms with van der Waals surface area (Å²) in [5.41, 5.74) is 10.3. The van der Waals surface area contributed by atoms with Gasteiger partial charge in [-0.2, -0.15) is 0 Å². The third-order valence-corrected chi connectivity index (χ3v) is 4.75. The van der Waals surface area contributed by atoms with Gasteiger partial charge in [-0.05, 0) is 65.8 Å². The first-order valence-corrected chi connectivity index (χ1v) is 8.43. The molecule has 0 amide bonds. The van der Waals surface area contributed by atoms with E-state index >= 15 is 0 Å². The van der Waals surface area contributed by atoms with Crippen LogP contribution in [0.1, 0.15) is 27.8 Å². The molecule has 0 atom stereocenters. The molecule has 3 aromatic carbocycles. The molecule has 1 heteroatoms. The van der Waals surface area contributed by atoms with E-state index in [4.69, 9.17) is 0 Å². The molecule has 1 N–H and O–H groups in total. The molecule has 1 aliphatic rings. The first kappa shape index (κ1) is 14.8. The Morgan fingerprint density at radius 3 is 2.33 bits per heavy atom. The van der Waals surface area contributed by atoms with Gasteiger partial charge in [0.05, 0.1) is 0 Å². The van der Waals surface area contributed by atoms with Crippen LogP contribution in [0.4, 0.5) is 11.4 Å². The first-order chi connectivity index (χ1) is 11.7. The highest BCUT2D eigenvalue weighted by Crippen LogP contribution is 2.33. The summed E-state index contributed by atoms with van der Waals surface area (Å²) in [4.78, 5) is 0. The van der Waals surface area contributed by atoms with Crippen molar-refractivity contribution in [2.24, 2.45) is 0 Å². The van der Waals surface area contributed by atoms with Crippen LogP contribution in [0.3, 0.4) is 0 Å². The molecular weight excluding hydrogens is 290 g/mol. The predicted molar refractivity (Wildman–Crippen MR) is 104 cm³/mol. The molecule has 0 fully saturated rings. The topological polar surface area (TPSA) is 12.0 Å². The lowest BCUT2D eigenvalue weighted by Gasteiger charge is -2.14. The summed E-state index contributed by atoms with van der Waals surface area (Å²) < 4.78 is 0. The van der Waals surface area contributed by atoms with Gasteiger partial charge in [0.1, 0.15) is 0 Å². The van der Waals surface area contributed by atoms with Crippen molar-refractivity contribution in [1.82, 2.24) is 0 Å². The molecule has 4 rings (SSSR count). The second-order valence-electron chi connectivity index (χ2n) is 6.52. The lowest BCUT2D eigenvalue weighted by molar-refractivity contribution is 1.31. The summed E-state index contributed by atoms with van der Waals surface area (Å²) in [5, 5.41) is 3.60. The van der Waals surface area contributed by atoms with Gasteiger partial charge in [0.2, 0.25) is 0 Å². The second kappa shape index (κ2) is 6.01. The number of rotatable bonds is 3. The summed E-state index contributed by atoms with van der Waals surface area (Å²) in [6.07, 6.45) is 3.33. The van der Waals surface area contributed by atoms with Crippen LogP contribution in [0.15, 0.2) is 66.7 Å². The van der Waals surface area contributed by atoms with Crippen molar-refractivity contribution in [2.45, 2.75) is 20.3 Å². The Morgan fingerprint density at radius 1 is 0.792 bits per heavy atom. The van der Waals surface area contributed by atoms with Crippen molar-refractivity contribution in [3.05, 3.63) is 94.5 Å². The number of nitrogens with one attached hydrogen (secondary N) is 1. The van der Waals surface area contributed by atoms with Crippen molar-refractivity contribution in [2.75, 3.05) is 5.32 Å². The standard InChI is InChI=1S/C23H21N/c1-16-7-5-8-17(2)23(16)24-22-12-6-11-20(15-22)21-13-18-9-3-4-10-19(18)14-21/h3-13,15,24H,14H2,1-2H3. The summed E-state index contributed by atoms with van der Waals surface area (Å²) in [6, 6.07) is 23.8. The molecule has 1 nitrogen and oxygen atoms in total. The Labute approximate surface area is 143 Å². The fourth-order valence-corrected chi connectivity index (χ4v) is 3.42. The van der Waals surface area contributed by atoms with Gasteiger partial charge in [0.15, 0.2) is 0 Å². The van der Waals surface area contributed by atoms with E-state index in [1.165, 1.54) is 39.1 Å². The van der Waals surface area contributed by atoms with Crippen molar-refractivity contribution in [1.29, 1.82) is 0 Å². The minimum absolute atomic E-state index is 1.02. The van der Waals surface area contributed by atoms with E-state index in [0.717, 1.165) is 12.1 Å². The maximum absolute atomic E-state index is 3.60. The molecule has 0 heterocycles. The molecule has 1 aliphatic carbocycles. The molecule has 0 bridgehead atoms. The summed E-state index contributed by atoms with van der Waals surface area (Å²) in [6.45, 7) is 4.30. The molecule has 24 heavy (non-hydrogen) atoms. The summed E-state index contributed by atoms with van der Waals surface area (Å²) in [7, 11) is 0. The Balaban J connectivity index is 1.64. The number of anilines is 2. The average molecular weight is 311 g/mol. The van der Waals surface area contributed by atoms with Gasteiger partial charge in [0, 0.05) is 11.4 Å². The Morgan fingerprint density at radius 2 is 1.54 bits per heavy atom. The van der Waals surface area contributed by atoms with E-state index < -0.39 is 0 Å². The largest absolute Gasteiger partial charge is 0.355 e. The number of benzene rings is 3. The van der Waals surface area contributed by atoms with E-state index in [9.17, 15) is 0 Å². The van der Waals surface area contributed by atoms with Crippen LogP contribution in [0.5, 0.6) is 0 Å². The van der Waals surface area contributed by atoms with Crippen LogP contribution in [0, 0.1) is 13.8 Å². The van der Waals surface area contributed by atoms with Gasteiger partial charge in [0.25, 0.3) is 0 Å². The van der Waals surface area contributed by atoms with Crippen LogP contribution in [-0.2, 0) is 6.42 Å². The van der Waals surface area contributed by atoms with E-state index in [1.54, 1.807) is 0 Å². The number of fused-ring (bicyclic) bond motifs is 1. The van der Waals surface area contributed by atoms with Crippen LogP contribution in [0.25, 0.3) is 11.6 Å². The minimum Gasteiger partial charge on any atom is -0.355 e. The average Bonchev–Trinajstić information content (AvgIpc) is 3.03. The minimum atomic E-state index is 1.02. The SMILES string of the molecule is Cc1cccc(C)c1Nc1cccc(C2=Cc3ccccc3C2)c1. The molecular formula is C23H21N. The Kier molecular flexibility index (Phi) is 3.70. The van der Waals surface area contributed by atoms with Gasteiger partial charge in [-0.15, -0.1) is 0 Å². The van der Waals surface area contributed by atoms with Gasteiger partial charge < -0.3 is 5.32 Å². The fourth-order valence-electron chi connectivity index (χ4n) is 3.42. The highest BCUT2D eigenvalue weighted by molar-refractivity contribution is 5.89. The van der Waals surface area contributed by atoms with E-state index in [-0.39, 0.29) is 0 Å². The molecule has 0 unspecified atom stereocenters. The van der Waals surface area contributed by atoms with E-state index in [2.05, 4.69) is 92.0 Å². The Bertz CT molecular complexity index is 914. The number of hydrogen-bond acceptors (Lipinski definition) is 1. The number of para-hydroxylation sites is 1. The molecule has 0 aromatic heterocycles. The molecule has 118 valence electrons. The van der Waals surface area contributed by atoms with Crippen LogP contribution >= 0.6 is 0 Å². The molecule has 0 aliphatic heterocycles. The highest BCUT2D eigenvalue weighted by atomic mass is 14.9. The van der Waals surface area contributed by atoms with Gasteiger partial charge in [-0.25, -0.2) is 0 Å². The van der Waals surface area contributed by atoms with Gasteiger partial charge in [-0.1, -0.05) is 60.7 Å². The van der Waals surface area contributed by atoms with Crippen LogP contribution < -0.4 is 5.32 Å². The van der Waals surface area contributed by atoms with E-state index in [1.807, 2.05) is 0 Å². The normalized spacial score (nSPS) is 12.7. The Hall–Kier alpha value is -2.80. The van der Waals surface area contributed by atoms with Gasteiger partial charge in [-0.3, -0.25) is 0 Å². The molecule has 0 saturated heterocycles. The third-order valence-electron chi connectivity index (χ3n) is 4.75. The first-order valence-electron chi connectivity index (χ1n) is 8.43. The smallest absolute Gasteiger partial charge is 0.0443 e. The molecule has 0 saturated carbocycles.